The molecule has 1 amide bonds. The molecule has 0 N–H and O–H groups in total. The smallest absolute Gasteiger partial charge is 0.243 e. The van der Waals surface area contributed by atoms with E-state index in [-0.39, 0.29) is 23.9 Å². The third kappa shape index (κ3) is 4.36. The van der Waals surface area contributed by atoms with E-state index in [2.05, 4.69) is 0 Å². The fourth-order valence-corrected chi connectivity index (χ4v) is 4.84. The minimum absolute atomic E-state index is 0.00568. The SMILES string of the molecule is Cc1ccc(CC(=O)N2CCN(S(=O)(=O)c3ccc(F)cc3C)CC2)cc1. The van der Waals surface area contributed by atoms with Gasteiger partial charge in [-0.1, -0.05) is 29.8 Å². The van der Waals surface area contributed by atoms with Crippen LogP contribution in [0.15, 0.2) is 47.4 Å². The number of halogens is 1. The van der Waals surface area contributed by atoms with E-state index in [1.165, 1.54) is 16.4 Å². The summed E-state index contributed by atoms with van der Waals surface area (Å²) in [5.41, 5.74) is 2.47. The van der Waals surface area contributed by atoms with E-state index in [1.54, 1.807) is 11.8 Å². The Labute approximate surface area is 159 Å². The Hall–Kier alpha value is -2.25. The van der Waals surface area contributed by atoms with Gasteiger partial charge < -0.3 is 4.90 Å². The molecule has 0 aliphatic carbocycles. The van der Waals surface area contributed by atoms with Crippen LogP contribution in [0.3, 0.4) is 0 Å². The molecule has 7 heteroatoms. The van der Waals surface area contributed by atoms with Gasteiger partial charge in [-0.3, -0.25) is 4.79 Å². The number of carbonyl (C=O) groups is 1. The number of nitrogens with zero attached hydrogens (tertiary/aromatic N) is 2. The molecule has 3 rings (SSSR count). The van der Waals surface area contributed by atoms with Crippen molar-refractivity contribution in [3.8, 4) is 0 Å². The van der Waals surface area contributed by atoms with E-state index in [0.29, 0.717) is 25.1 Å². The average molecular weight is 390 g/mol. The summed E-state index contributed by atoms with van der Waals surface area (Å²) >= 11 is 0. The standard InChI is InChI=1S/C20H23FN2O3S/c1-15-3-5-17(6-4-15)14-20(24)22-9-11-23(12-10-22)27(25,26)19-8-7-18(21)13-16(19)2/h3-8,13H,9-12,14H2,1-2H3. The van der Waals surface area contributed by atoms with Crippen molar-refractivity contribution in [1.82, 2.24) is 9.21 Å². The van der Waals surface area contributed by atoms with Crippen LogP contribution >= 0.6 is 0 Å². The molecule has 27 heavy (non-hydrogen) atoms. The van der Waals surface area contributed by atoms with E-state index < -0.39 is 15.8 Å². The second-order valence-electron chi connectivity index (χ2n) is 6.86. The van der Waals surface area contributed by atoms with Gasteiger partial charge in [0, 0.05) is 26.2 Å². The first-order chi connectivity index (χ1) is 12.8. The summed E-state index contributed by atoms with van der Waals surface area (Å²) in [6.45, 7) is 4.75. The molecular weight excluding hydrogens is 367 g/mol. The Morgan fingerprint density at radius 2 is 1.63 bits per heavy atom. The fourth-order valence-electron chi connectivity index (χ4n) is 3.21. The molecule has 2 aromatic rings. The normalized spacial score (nSPS) is 15.7. The number of benzene rings is 2. The number of aryl methyl sites for hydroxylation is 2. The van der Waals surface area contributed by atoms with E-state index >= 15 is 0 Å². The summed E-state index contributed by atoms with van der Waals surface area (Å²) < 4.78 is 40.3. The summed E-state index contributed by atoms with van der Waals surface area (Å²) in [5.74, 6) is -0.466. The first kappa shape index (κ1) is 19.5. The number of rotatable bonds is 4. The highest BCUT2D eigenvalue weighted by atomic mass is 32.2. The van der Waals surface area contributed by atoms with Crippen molar-refractivity contribution in [2.45, 2.75) is 25.2 Å². The third-order valence-corrected chi connectivity index (χ3v) is 6.88. The van der Waals surface area contributed by atoms with Gasteiger partial charge in [-0.2, -0.15) is 4.31 Å². The Kier molecular flexibility index (Phi) is 5.62. The van der Waals surface area contributed by atoms with Crippen molar-refractivity contribution in [3.05, 3.63) is 65.0 Å². The van der Waals surface area contributed by atoms with Crippen LogP contribution in [-0.4, -0.2) is 49.7 Å². The molecule has 1 saturated heterocycles. The van der Waals surface area contributed by atoms with Crippen molar-refractivity contribution in [1.29, 1.82) is 0 Å². The molecule has 1 aliphatic rings. The Bertz CT molecular complexity index is 934. The van der Waals surface area contributed by atoms with Crippen molar-refractivity contribution < 1.29 is 17.6 Å². The van der Waals surface area contributed by atoms with Gasteiger partial charge in [-0.25, -0.2) is 12.8 Å². The fraction of sp³-hybridized carbons (Fsp3) is 0.350. The minimum Gasteiger partial charge on any atom is -0.340 e. The summed E-state index contributed by atoms with van der Waals surface area (Å²) in [6, 6.07) is 11.5. The Morgan fingerprint density at radius 3 is 2.22 bits per heavy atom. The highest BCUT2D eigenvalue weighted by Crippen LogP contribution is 2.22. The van der Waals surface area contributed by atoms with Gasteiger partial charge in [-0.15, -0.1) is 0 Å². The van der Waals surface area contributed by atoms with Crippen LogP contribution in [0.4, 0.5) is 4.39 Å². The van der Waals surface area contributed by atoms with E-state index in [9.17, 15) is 17.6 Å². The van der Waals surface area contributed by atoms with Gasteiger partial charge >= 0.3 is 0 Å². The van der Waals surface area contributed by atoms with Crippen molar-refractivity contribution in [3.63, 3.8) is 0 Å². The molecule has 144 valence electrons. The van der Waals surface area contributed by atoms with Crippen LogP contribution in [0.2, 0.25) is 0 Å². The molecule has 1 heterocycles. The summed E-state index contributed by atoms with van der Waals surface area (Å²) in [7, 11) is -3.69. The maximum absolute atomic E-state index is 13.3. The minimum atomic E-state index is -3.69. The molecule has 0 atom stereocenters. The second-order valence-corrected chi connectivity index (χ2v) is 8.76. The van der Waals surface area contributed by atoms with Gasteiger partial charge in [0.1, 0.15) is 5.82 Å². The predicted molar refractivity (Wildman–Crippen MR) is 101 cm³/mol. The molecule has 1 aliphatic heterocycles. The van der Waals surface area contributed by atoms with Crippen LogP contribution < -0.4 is 0 Å². The number of amides is 1. The highest BCUT2D eigenvalue weighted by Gasteiger charge is 2.31. The van der Waals surface area contributed by atoms with Crippen LogP contribution in [-0.2, 0) is 21.2 Å². The quantitative estimate of drug-likeness (QED) is 0.806. The van der Waals surface area contributed by atoms with Crippen molar-refractivity contribution in [2.24, 2.45) is 0 Å². The molecular formula is C20H23FN2O3S. The van der Waals surface area contributed by atoms with Gasteiger partial charge in [0.25, 0.3) is 0 Å². The van der Waals surface area contributed by atoms with Gasteiger partial charge in [0.05, 0.1) is 11.3 Å². The maximum atomic E-state index is 13.3. The largest absolute Gasteiger partial charge is 0.340 e. The Morgan fingerprint density at radius 1 is 1.00 bits per heavy atom. The highest BCUT2D eigenvalue weighted by molar-refractivity contribution is 7.89. The number of sulfonamides is 1. The lowest BCUT2D eigenvalue weighted by molar-refractivity contribution is -0.131. The number of hydrogen-bond acceptors (Lipinski definition) is 3. The molecule has 2 aromatic carbocycles. The van der Waals surface area contributed by atoms with Crippen LogP contribution in [0.1, 0.15) is 16.7 Å². The van der Waals surface area contributed by atoms with Gasteiger partial charge in [-0.05, 0) is 43.2 Å². The Balaban J connectivity index is 1.64. The molecule has 0 spiro atoms. The predicted octanol–water partition coefficient (Wildman–Crippen LogP) is 2.52. The molecule has 0 unspecified atom stereocenters. The third-order valence-electron chi connectivity index (χ3n) is 4.82. The van der Waals surface area contributed by atoms with Gasteiger partial charge in [0.15, 0.2) is 0 Å². The number of hydrogen-bond donors (Lipinski definition) is 0. The lowest BCUT2D eigenvalue weighted by atomic mass is 10.1. The van der Waals surface area contributed by atoms with Crippen molar-refractivity contribution in [2.75, 3.05) is 26.2 Å². The monoisotopic (exact) mass is 390 g/mol. The van der Waals surface area contributed by atoms with Crippen LogP contribution in [0.25, 0.3) is 0 Å². The molecule has 5 nitrogen and oxygen atoms in total. The topological polar surface area (TPSA) is 57.7 Å². The van der Waals surface area contributed by atoms with E-state index in [1.807, 2.05) is 31.2 Å². The molecule has 0 saturated carbocycles. The average Bonchev–Trinajstić information content (AvgIpc) is 2.63. The van der Waals surface area contributed by atoms with E-state index in [4.69, 9.17) is 0 Å². The molecule has 0 bridgehead atoms. The summed E-state index contributed by atoms with van der Waals surface area (Å²) in [4.78, 5) is 14.3. The zero-order chi connectivity index (χ0) is 19.6. The molecule has 0 aromatic heterocycles. The van der Waals surface area contributed by atoms with Crippen LogP contribution in [0, 0.1) is 19.7 Å². The first-order valence-corrected chi connectivity index (χ1v) is 10.3. The second kappa shape index (κ2) is 7.78. The zero-order valence-corrected chi connectivity index (χ0v) is 16.3. The van der Waals surface area contributed by atoms with E-state index in [0.717, 1.165) is 17.2 Å². The molecule has 1 fully saturated rings. The maximum Gasteiger partial charge on any atom is 0.243 e. The zero-order valence-electron chi connectivity index (χ0n) is 15.5. The van der Waals surface area contributed by atoms with Crippen molar-refractivity contribution >= 4 is 15.9 Å². The number of piperazine rings is 1. The first-order valence-electron chi connectivity index (χ1n) is 8.87. The van der Waals surface area contributed by atoms with Crippen LogP contribution in [0.5, 0.6) is 0 Å². The lowest BCUT2D eigenvalue weighted by Crippen LogP contribution is -2.50. The number of carbonyl (C=O) groups excluding carboxylic acids is 1. The lowest BCUT2D eigenvalue weighted by Gasteiger charge is -2.34. The summed E-state index contributed by atoms with van der Waals surface area (Å²) in [6.07, 6.45) is 0.310. The summed E-state index contributed by atoms with van der Waals surface area (Å²) in [5, 5.41) is 0. The molecule has 0 radical (unpaired) electrons. The van der Waals surface area contributed by atoms with Gasteiger partial charge in [0.2, 0.25) is 15.9 Å².